The molecule has 92 valence electrons. The minimum absolute atomic E-state index is 0.126. The van der Waals surface area contributed by atoms with Gasteiger partial charge < -0.3 is 5.11 Å². The van der Waals surface area contributed by atoms with E-state index in [1.165, 1.54) is 6.42 Å². The Labute approximate surface area is 105 Å². The predicted octanol–water partition coefficient (Wildman–Crippen LogP) is 2.84. The van der Waals surface area contributed by atoms with Gasteiger partial charge in [0.1, 0.15) is 0 Å². The van der Waals surface area contributed by atoms with Crippen molar-refractivity contribution in [3.8, 4) is 5.69 Å². The van der Waals surface area contributed by atoms with Gasteiger partial charge in [-0.2, -0.15) is 5.10 Å². The molecule has 0 amide bonds. The second-order valence-corrected chi connectivity index (χ2v) is 4.63. The summed E-state index contributed by atoms with van der Waals surface area (Å²) in [5.74, 6) is -0.518. The van der Waals surface area contributed by atoms with Gasteiger partial charge in [0, 0.05) is 11.6 Å². The number of para-hydroxylation sites is 1. The summed E-state index contributed by atoms with van der Waals surface area (Å²) in [6.07, 6.45) is 3.46. The van der Waals surface area contributed by atoms with E-state index in [1.54, 1.807) is 10.7 Å². The highest BCUT2D eigenvalue weighted by atomic mass is 16.4. The van der Waals surface area contributed by atoms with Gasteiger partial charge in [-0.1, -0.05) is 24.6 Å². The normalized spacial score (nSPS) is 15.3. The number of benzene rings is 1. The predicted molar refractivity (Wildman–Crippen MR) is 67.1 cm³/mol. The average Bonchev–Trinajstić information content (AvgIpc) is 2.73. The minimum Gasteiger partial charge on any atom is -0.476 e. The number of hydrogen-bond donors (Lipinski definition) is 1. The smallest absolute Gasteiger partial charge is 0.356 e. The van der Waals surface area contributed by atoms with Gasteiger partial charge >= 0.3 is 5.97 Å². The van der Waals surface area contributed by atoms with E-state index in [0.29, 0.717) is 5.92 Å². The van der Waals surface area contributed by atoms with E-state index in [4.69, 9.17) is 5.11 Å². The van der Waals surface area contributed by atoms with Crippen LogP contribution in [0, 0.1) is 0 Å². The highest BCUT2D eigenvalue weighted by Gasteiger charge is 2.26. The van der Waals surface area contributed by atoms with Crippen molar-refractivity contribution in [2.45, 2.75) is 25.2 Å². The second kappa shape index (κ2) is 4.29. The number of nitrogens with zero attached hydrogens (tertiary/aromatic N) is 2. The summed E-state index contributed by atoms with van der Waals surface area (Å²) in [6, 6.07) is 11.4. The van der Waals surface area contributed by atoms with Crippen LogP contribution in [0.3, 0.4) is 0 Å². The minimum atomic E-state index is -0.967. The third-order valence-electron chi connectivity index (χ3n) is 3.48. The first-order valence-electron chi connectivity index (χ1n) is 6.14. The van der Waals surface area contributed by atoms with E-state index >= 15 is 0 Å². The number of aromatic carboxylic acids is 1. The lowest BCUT2D eigenvalue weighted by Gasteiger charge is -2.25. The lowest BCUT2D eigenvalue weighted by molar-refractivity contribution is 0.0690. The summed E-state index contributed by atoms with van der Waals surface area (Å²) >= 11 is 0. The molecule has 0 aliphatic heterocycles. The largest absolute Gasteiger partial charge is 0.476 e. The van der Waals surface area contributed by atoms with Crippen LogP contribution in [0.1, 0.15) is 41.4 Å². The molecule has 1 fully saturated rings. The van der Waals surface area contributed by atoms with Gasteiger partial charge in [-0.3, -0.25) is 0 Å². The Morgan fingerprint density at radius 1 is 1.28 bits per heavy atom. The van der Waals surface area contributed by atoms with Crippen molar-refractivity contribution >= 4 is 5.97 Å². The van der Waals surface area contributed by atoms with Crippen molar-refractivity contribution in [2.75, 3.05) is 0 Å². The van der Waals surface area contributed by atoms with E-state index in [0.717, 1.165) is 24.2 Å². The maximum Gasteiger partial charge on any atom is 0.356 e. The number of rotatable bonds is 3. The molecular formula is C14H14N2O2. The topological polar surface area (TPSA) is 55.1 Å². The molecular weight excluding hydrogens is 228 g/mol. The van der Waals surface area contributed by atoms with Crippen molar-refractivity contribution < 1.29 is 9.90 Å². The first-order valence-corrected chi connectivity index (χ1v) is 6.14. The summed E-state index contributed by atoms with van der Waals surface area (Å²) < 4.78 is 1.77. The van der Waals surface area contributed by atoms with Crippen molar-refractivity contribution in [3.63, 3.8) is 0 Å². The lowest BCUT2D eigenvalue weighted by Crippen LogP contribution is -2.14. The molecule has 1 aromatic heterocycles. The number of carboxylic acids is 1. The molecule has 0 bridgehead atoms. The molecule has 0 spiro atoms. The number of aromatic nitrogens is 2. The fourth-order valence-electron chi connectivity index (χ4n) is 2.27. The summed E-state index contributed by atoms with van der Waals surface area (Å²) in [4.78, 5) is 11.1. The molecule has 2 aromatic rings. The van der Waals surface area contributed by atoms with Crippen LogP contribution in [0.4, 0.5) is 0 Å². The highest BCUT2D eigenvalue weighted by molar-refractivity contribution is 5.85. The Hall–Kier alpha value is -2.10. The van der Waals surface area contributed by atoms with E-state index in [2.05, 4.69) is 5.10 Å². The van der Waals surface area contributed by atoms with Crippen LogP contribution < -0.4 is 0 Å². The van der Waals surface area contributed by atoms with Crippen LogP contribution in [0.2, 0.25) is 0 Å². The quantitative estimate of drug-likeness (QED) is 0.900. The Kier molecular flexibility index (Phi) is 2.63. The zero-order valence-electron chi connectivity index (χ0n) is 9.91. The van der Waals surface area contributed by atoms with Crippen molar-refractivity contribution in [2.24, 2.45) is 0 Å². The van der Waals surface area contributed by atoms with Crippen LogP contribution in [-0.2, 0) is 0 Å². The van der Waals surface area contributed by atoms with Crippen molar-refractivity contribution in [3.05, 3.63) is 47.8 Å². The molecule has 1 N–H and O–H groups in total. The molecule has 1 aromatic carbocycles. The first-order chi connectivity index (χ1) is 8.75. The van der Waals surface area contributed by atoms with Crippen molar-refractivity contribution in [1.29, 1.82) is 0 Å². The number of hydrogen-bond acceptors (Lipinski definition) is 2. The molecule has 4 nitrogen and oxygen atoms in total. The molecule has 1 heterocycles. The summed E-state index contributed by atoms with van der Waals surface area (Å²) in [5.41, 5.74) is 2.07. The fraction of sp³-hybridized carbons (Fsp3) is 0.286. The molecule has 18 heavy (non-hydrogen) atoms. The summed E-state index contributed by atoms with van der Waals surface area (Å²) in [5, 5.41) is 13.3. The zero-order chi connectivity index (χ0) is 12.5. The monoisotopic (exact) mass is 242 g/mol. The molecule has 0 radical (unpaired) electrons. The molecule has 0 unspecified atom stereocenters. The molecule has 1 saturated carbocycles. The van der Waals surface area contributed by atoms with Gasteiger partial charge in [0.2, 0.25) is 0 Å². The third-order valence-corrected chi connectivity index (χ3v) is 3.48. The third kappa shape index (κ3) is 1.79. The van der Waals surface area contributed by atoms with Crippen LogP contribution in [-0.4, -0.2) is 20.9 Å². The second-order valence-electron chi connectivity index (χ2n) is 4.63. The van der Waals surface area contributed by atoms with Gasteiger partial charge in [0.05, 0.1) is 5.69 Å². The molecule has 1 aliphatic rings. The standard InChI is InChI=1S/C14H14N2O2/c17-14(18)12-9-13(10-5-4-6-10)16(15-12)11-7-2-1-3-8-11/h1-3,7-10H,4-6H2,(H,17,18). The molecule has 0 saturated heterocycles. The Morgan fingerprint density at radius 2 is 2.00 bits per heavy atom. The van der Waals surface area contributed by atoms with E-state index < -0.39 is 5.97 Å². The maximum absolute atomic E-state index is 11.1. The summed E-state index contributed by atoms with van der Waals surface area (Å²) in [7, 11) is 0. The average molecular weight is 242 g/mol. The van der Waals surface area contributed by atoms with Gasteiger partial charge in [0.15, 0.2) is 5.69 Å². The van der Waals surface area contributed by atoms with Crippen LogP contribution in [0.25, 0.3) is 5.69 Å². The Morgan fingerprint density at radius 3 is 2.56 bits per heavy atom. The van der Waals surface area contributed by atoms with Gasteiger partial charge in [-0.25, -0.2) is 9.48 Å². The number of carboxylic acid groups (broad SMARTS) is 1. The maximum atomic E-state index is 11.1. The van der Waals surface area contributed by atoms with Gasteiger partial charge in [0.25, 0.3) is 0 Å². The fourth-order valence-corrected chi connectivity index (χ4v) is 2.27. The van der Waals surface area contributed by atoms with E-state index in [-0.39, 0.29) is 5.69 Å². The van der Waals surface area contributed by atoms with Crippen LogP contribution >= 0.6 is 0 Å². The highest BCUT2D eigenvalue weighted by Crippen LogP contribution is 2.37. The first kappa shape index (κ1) is 11.0. The SMILES string of the molecule is O=C(O)c1cc(C2CCC2)n(-c2ccccc2)n1. The Balaban J connectivity index is 2.08. The molecule has 1 aliphatic carbocycles. The van der Waals surface area contributed by atoms with Crippen LogP contribution in [0.5, 0.6) is 0 Å². The molecule has 4 heteroatoms. The summed E-state index contributed by atoms with van der Waals surface area (Å²) in [6.45, 7) is 0. The molecule has 0 atom stereocenters. The Bertz CT molecular complexity index is 571. The van der Waals surface area contributed by atoms with Crippen LogP contribution in [0.15, 0.2) is 36.4 Å². The zero-order valence-corrected chi connectivity index (χ0v) is 9.91. The number of carbonyl (C=O) groups is 1. The van der Waals surface area contributed by atoms with E-state index in [1.807, 2.05) is 30.3 Å². The molecule has 3 rings (SSSR count). The lowest BCUT2D eigenvalue weighted by atomic mass is 9.82. The van der Waals surface area contributed by atoms with Crippen molar-refractivity contribution in [1.82, 2.24) is 9.78 Å². The van der Waals surface area contributed by atoms with Gasteiger partial charge in [-0.15, -0.1) is 0 Å². The van der Waals surface area contributed by atoms with Gasteiger partial charge in [-0.05, 0) is 31.0 Å². The van der Waals surface area contributed by atoms with E-state index in [9.17, 15) is 4.79 Å².